The molecular formula is C16H25NO2. The molecule has 0 bridgehead atoms. The van der Waals surface area contributed by atoms with E-state index in [0.29, 0.717) is 11.8 Å². The molecular weight excluding hydrogens is 238 g/mol. The highest BCUT2D eigenvalue weighted by Crippen LogP contribution is 2.26. The topological polar surface area (TPSA) is 32.7 Å². The largest absolute Gasteiger partial charge is 0.508 e. The number of benzene rings is 1. The maximum Gasteiger partial charge on any atom is 0.115 e. The molecule has 0 aromatic heterocycles. The second kappa shape index (κ2) is 6.92. The molecule has 1 heterocycles. The van der Waals surface area contributed by atoms with E-state index in [1.807, 2.05) is 12.1 Å². The highest BCUT2D eigenvalue weighted by molar-refractivity contribution is 5.29. The molecule has 3 nitrogen and oxygen atoms in total. The lowest BCUT2D eigenvalue weighted by atomic mass is 9.97. The Hall–Kier alpha value is -1.06. The fourth-order valence-electron chi connectivity index (χ4n) is 2.82. The van der Waals surface area contributed by atoms with Gasteiger partial charge in [0.15, 0.2) is 0 Å². The van der Waals surface area contributed by atoms with Crippen molar-refractivity contribution in [1.82, 2.24) is 4.90 Å². The van der Waals surface area contributed by atoms with Gasteiger partial charge >= 0.3 is 0 Å². The van der Waals surface area contributed by atoms with E-state index in [-0.39, 0.29) is 0 Å². The lowest BCUT2D eigenvalue weighted by molar-refractivity contribution is 0.0474. The van der Waals surface area contributed by atoms with E-state index in [1.165, 1.54) is 18.4 Å². The van der Waals surface area contributed by atoms with Crippen LogP contribution in [0.5, 0.6) is 5.75 Å². The van der Waals surface area contributed by atoms with E-state index in [2.05, 4.69) is 24.8 Å². The van der Waals surface area contributed by atoms with Crippen molar-refractivity contribution in [2.75, 3.05) is 26.3 Å². The van der Waals surface area contributed by atoms with Gasteiger partial charge in [0.25, 0.3) is 0 Å². The first-order valence-corrected chi connectivity index (χ1v) is 7.31. The summed E-state index contributed by atoms with van der Waals surface area (Å²) in [5.74, 6) is 1.10. The van der Waals surface area contributed by atoms with Crippen LogP contribution in [-0.2, 0) is 4.74 Å². The smallest absolute Gasteiger partial charge is 0.115 e. The average molecular weight is 263 g/mol. The highest BCUT2D eigenvalue weighted by atomic mass is 16.5. The van der Waals surface area contributed by atoms with Crippen molar-refractivity contribution in [3.8, 4) is 5.75 Å². The Morgan fingerprint density at radius 1 is 1.37 bits per heavy atom. The number of aromatic hydroxyl groups is 1. The zero-order valence-corrected chi connectivity index (χ0v) is 12.0. The summed E-state index contributed by atoms with van der Waals surface area (Å²) in [7, 11) is 0. The average Bonchev–Trinajstić information content (AvgIpc) is 2.45. The minimum atomic E-state index is 0.347. The summed E-state index contributed by atoms with van der Waals surface area (Å²) < 4.78 is 5.42. The Balaban J connectivity index is 1.99. The first-order valence-electron chi connectivity index (χ1n) is 7.31. The number of phenolic OH excluding ortho intramolecular Hbond substituents is 1. The predicted molar refractivity (Wildman–Crippen MR) is 77.3 cm³/mol. The Bertz CT molecular complexity index is 388. The van der Waals surface area contributed by atoms with Crippen molar-refractivity contribution in [3.05, 3.63) is 29.8 Å². The summed E-state index contributed by atoms with van der Waals surface area (Å²) in [5, 5.41) is 9.60. The van der Waals surface area contributed by atoms with E-state index < -0.39 is 0 Å². The molecule has 3 heteroatoms. The molecule has 0 amide bonds. The zero-order chi connectivity index (χ0) is 13.7. The van der Waals surface area contributed by atoms with Crippen LogP contribution in [0.3, 0.4) is 0 Å². The monoisotopic (exact) mass is 263 g/mol. The number of hydrogen-bond acceptors (Lipinski definition) is 3. The molecule has 1 fully saturated rings. The standard InChI is InChI=1S/C16H25NO2/c1-3-17(12-14-7-9-19-10-8-14)13(2)15-5-4-6-16(18)11-15/h4-6,11,13-14,18H,3,7-10,12H2,1-2H3/t13-/m1/s1. The van der Waals surface area contributed by atoms with Crippen LogP contribution in [0.25, 0.3) is 0 Å². The van der Waals surface area contributed by atoms with E-state index in [1.54, 1.807) is 6.07 Å². The van der Waals surface area contributed by atoms with Crippen LogP contribution in [0, 0.1) is 5.92 Å². The summed E-state index contributed by atoms with van der Waals surface area (Å²) in [5.41, 5.74) is 1.19. The minimum Gasteiger partial charge on any atom is -0.508 e. The van der Waals surface area contributed by atoms with Gasteiger partial charge in [0, 0.05) is 25.8 Å². The fraction of sp³-hybridized carbons (Fsp3) is 0.625. The molecule has 1 aromatic rings. The molecule has 2 rings (SSSR count). The van der Waals surface area contributed by atoms with Crippen LogP contribution >= 0.6 is 0 Å². The van der Waals surface area contributed by atoms with Crippen molar-refractivity contribution >= 4 is 0 Å². The van der Waals surface area contributed by atoms with Crippen LogP contribution in [-0.4, -0.2) is 36.3 Å². The van der Waals surface area contributed by atoms with Gasteiger partial charge in [-0.2, -0.15) is 0 Å². The van der Waals surface area contributed by atoms with E-state index in [9.17, 15) is 5.11 Å². The molecule has 0 saturated carbocycles. The Morgan fingerprint density at radius 2 is 2.11 bits per heavy atom. The van der Waals surface area contributed by atoms with Crippen LogP contribution in [0.4, 0.5) is 0 Å². The van der Waals surface area contributed by atoms with Gasteiger partial charge in [-0.05, 0) is 49.9 Å². The third kappa shape index (κ3) is 3.95. The second-order valence-electron chi connectivity index (χ2n) is 5.41. The minimum absolute atomic E-state index is 0.347. The first kappa shape index (κ1) is 14.4. The maximum atomic E-state index is 9.60. The second-order valence-corrected chi connectivity index (χ2v) is 5.41. The Morgan fingerprint density at radius 3 is 2.74 bits per heavy atom. The molecule has 1 aliphatic rings. The van der Waals surface area contributed by atoms with E-state index in [0.717, 1.165) is 32.2 Å². The van der Waals surface area contributed by atoms with Crippen molar-refractivity contribution in [1.29, 1.82) is 0 Å². The lowest BCUT2D eigenvalue weighted by Gasteiger charge is -2.33. The van der Waals surface area contributed by atoms with Gasteiger partial charge in [-0.25, -0.2) is 0 Å². The molecule has 1 aromatic carbocycles. The number of ether oxygens (including phenoxy) is 1. The highest BCUT2D eigenvalue weighted by Gasteiger charge is 2.21. The van der Waals surface area contributed by atoms with Crippen molar-refractivity contribution < 1.29 is 9.84 Å². The molecule has 1 atom stereocenters. The summed E-state index contributed by atoms with van der Waals surface area (Å²) in [4.78, 5) is 2.49. The third-order valence-electron chi connectivity index (χ3n) is 4.14. The number of phenols is 1. The molecule has 1 saturated heterocycles. The van der Waals surface area contributed by atoms with Crippen molar-refractivity contribution in [2.45, 2.75) is 32.7 Å². The predicted octanol–water partition coefficient (Wildman–Crippen LogP) is 3.20. The number of rotatable bonds is 5. The Kier molecular flexibility index (Phi) is 5.23. The summed E-state index contributed by atoms with van der Waals surface area (Å²) in [6, 6.07) is 7.96. The van der Waals surface area contributed by atoms with Crippen LogP contribution in [0.1, 0.15) is 38.3 Å². The molecule has 106 valence electrons. The molecule has 19 heavy (non-hydrogen) atoms. The fourth-order valence-corrected chi connectivity index (χ4v) is 2.82. The Labute approximate surface area is 116 Å². The quantitative estimate of drug-likeness (QED) is 0.885. The van der Waals surface area contributed by atoms with E-state index in [4.69, 9.17) is 4.74 Å². The van der Waals surface area contributed by atoms with Crippen molar-refractivity contribution in [3.63, 3.8) is 0 Å². The molecule has 0 unspecified atom stereocenters. The van der Waals surface area contributed by atoms with E-state index >= 15 is 0 Å². The molecule has 0 spiro atoms. The molecule has 1 aliphatic heterocycles. The van der Waals surface area contributed by atoms with Crippen LogP contribution in [0.2, 0.25) is 0 Å². The first-order chi connectivity index (χ1) is 9.20. The summed E-state index contributed by atoms with van der Waals surface area (Å²) in [6.45, 7) is 8.40. The molecule has 0 radical (unpaired) electrons. The number of nitrogens with zero attached hydrogens (tertiary/aromatic N) is 1. The lowest BCUT2D eigenvalue weighted by Crippen LogP contribution is -2.34. The van der Waals surface area contributed by atoms with Gasteiger partial charge < -0.3 is 9.84 Å². The molecule has 0 aliphatic carbocycles. The van der Waals surface area contributed by atoms with Crippen molar-refractivity contribution in [2.24, 2.45) is 5.92 Å². The van der Waals surface area contributed by atoms with Gasteiger partial charge in [-0.1, -0.05) is 19.1 Å². The summed E-state index contributed by atoms with van der Waals surface area (Å²) >= 11 is 0. The zero-order valence-electron chi connectivity index (χ0n) is 12.0. The SMILES string of the molecule is CCN(CC1CCOCC1)[C@H](C)c1cccc(O)c1. The summed E-state index contributed by atoms with van der Waals surface area (Å²) in [6.07, 6.45) is 2.34. The molecule has 1 N–H and O–H groups in total. The van der Waals surface area contributed by atoms with Gasteiger partial charge in [-0.3, -0.25) is 4.90 Å². The number of hydrogen-bond donors (Lipinski definition) is 1. The van der Waals surface area contributed by atoms with Gasteiger partial charge in [0.05, 0.1) is 0 Å². The van der Waals surface area contributed by atoms with Gasteiger partial charge in [0.2, 0.25) is 0 Å². The third-order valence-corrected chi connectivity index (χ3v) is 4.14. The normalized spacial score (nSPS) is 18.7. The van der Waals surface area contributed by atoms with Crippen LogP contribution < -0.4 is 0 Å². The van der Waals surface area contributed by atoms with Gasteiger partial charge in [-0.15, -0.1) is 0 Å². The van der Waals surface area contributed by atoms with Gasteiger partial charge in [0.1, 0.15) is 5.75 Å². The maximum absolute atomic E-state index is 9.60. The van der Waals surface area contributed by atoms with Crippen LogP contribution in [0.15, 0.2) is 24.3 Å².